The second-order valence-electron chi connectivity index (χ2n) is 7.12. The van der Waals surface area contributed by atoms with Gasteiger partial charge < -0.3 is 24.8 Å². The summed E-state index contributed by atoms with van der Waals surface area (Å²) < 4.78 is 29.6. The zero-order valence-corrected chi connectivity index (χ0v) is 18.1. The van der Waals surface area contributed by atoms with Crippen LogP contribution in [-0.4, -0.2) is 71.0 Å². The van der Waals surface area contributed by atoms with E-state index in [2.05, 4.69) is 32.7 Å². The van der Waals surface area contributed by atoms with Crippen LogP contribution in [0.4, 0.5) is 4.39 Å². The predicted molar refractivity (Wildman–Crippen MR) is 119 cm³/mol. The van der Waals surface area contributed by atoms with Crippen LogP contribution in [0.15, 0.2) is 53.5 Å². The third-order valence-electron chi connectivity index (χ3n) is 5.13. The number of rotatable bonds is 9. The molecule has 0 radical (unpaired) electrons. The van der Waals surface area contributed by atoms with Crippen molar-refractivity contribution in [3.63, 3.8) is 0 Å². The van der Waals surface area contributed by atoms with Crippen molar-refractivity contribution in [2.45, 2.75) is 6.04 Å². The summed E-state index contributed by atoms with van der Waals surface area (Å²) in [7, 11) is 3.41. The molecule has 8 heteroatoms. The number of hydrogen-bond donors (Lipinski definition) is 2. The molecule has 1 aliphatic rings. The van der Waals surface area contributed by atoms with Gasteiger partial charge in [0.15, 0.2) is 5.96 Å². The van der Waals surface area contributed by atoms with Crippen LogP contribution < -0.4 is 20.1 Å². The van der Waals surface area contributed by atoms with E-state index in [9.17, 15) is 4.39 Å². The van der Waals surface area contributed by atoms with Gasteiger partial charge in [-0.3, -0.25) is 9.89 Å². The van der Waals surface area contributed by atoms with E-state index in [0.717, 1.165) is 32.1 Å². The van der Waals surface area contributed by atoms with Crippen LogP contribution in [0.2, 0.25) is 0 Å². The van der Waals surface area contributed by atoms with E-state index in [1.54, 1.807) is 26.3 Å². The fourth-order valence-electron chi connectivity index (χ4n) is 3.48. The number of guanidine groups is 1. The summed E-state index contributed by atoms with van der Waals surface area (Å²) in [6.45, 7) is 4.86. The third kappa shape index (κ3) is 7.11. The Morgan fingerprint density at radius 3 is 2.58 bits per heavy atom. The number of ether oxygens (including phenoxy) is 3. The standard InChI is InChI=1S/C23H31FN4O3/c1-25-23(26-10-13-31-21-5-3-4-19(24)16-21)27-17-22(28-11-14-30-15-12-28)18-6-8-20(29-2)9-7-18/h3-9,16,22H,10-15,17H2,1-2H3,(H2,25,26,27). The van der Waals surface area contributed by atoms with Crippen LogP contribution in [0.25, 0.3) is 0 Å². The minimum atomic E-state index is -0.310. The molecule has 2 aromatic rings. The Hall–Kier alpha value is -2.84. The summed E-state index contributed by atoms with van der Waals surface area (Å²) in [4.78, 5) is 6.72. The Kier molecular flexibility index (Phi) is 8.93. The Bertz CT molecular complexity index is 826. The molecular weight excluding hydrogens is 399 g/mol. The number of aliphatic imine (C=N–C) groups is 1. The maximum Gasteiger partial charge on any atom is 0.191 e. The predicted octanol–water partition coefficient (Wildman–Crippen LogP) is 2.45. The summed E-state index contributed by atoms with van der Waals surface area (Å²) in [5.41, 5.74) is 1.21. The van der Waals surface area contributed by atoms with Gasteiger partial charge in [0, 0.05) is 32.7 Å². The molecule has 7 nitrogen and oxygen atoms in total. The molecule has 3 rings (SSSR count). The lowest BCUT2D eigenvalue weighted by Crippen LogP contribution is -2.46. The van der Waals surface area contributed by atoms with Gasteiger partial charge in [-0.2, -0.15) is 0 Å². The molecule has 1 aliphatic heterocycles. The summed E-state index contributed by atoms with van der Waals surface area (Å²) in [5.74, 6) is 1.73. The van der Waals surface area contributed by atoms with E-state index in [-0.39, 0.29) is 11.9 Å². The molecule has 0 saturated carbocycles. The van der Waals surface area contributed by atoms with Crippen molar-refractivity contribution in [2.24, 2.45) is 4.99 Å². The lowest BCUT2D eigenvalue weighted by atomic mass is 10.0. The van der Waals surface area contributed by atoms with Crippen molar-refractivity contribution in [2.75, 3.05) is 60.2 Å². The molecule has 0 amide bonds. The average molecular weight is 431 g/mol. The quantitative estimate of drug-likeness (QED) is 0.362. The number of nitrogens with zero attached hydrogens (tertiary/aromatic N) is 2. The number of morpholine rings is 1. The molecule has 1 unspecified atom stereocenters. The molecule has 1 fully saturated rings. The Morgan fingerprint density at radius 1 is 1.13 bits per heavy atom. The fourth-order valence-corrected chi connectivity index (χ4v) is 3.48. The van der Waals surface area contributed by atoms with E-state index in [1.807, 2.05) is 12.1 Å². The van der Waals surface area contributed by atoms with Crippen LogP contribution in [0.1, 0.15) is 11.6 Å². The van der Waals surface area contributed by atoms with Crippen molar-refractivity contribution < 1.29 is 18.6 Å². The molecule has 2 aromatic carbocycles. The fraction of sp³-hybridized carbons (Fsp3) is 0.435. The van der Waals surface area contributed by atoms with Gasteiger partial charge in [-0.15, -0.1) is 0 Å². The molecule has 1 atom stereocenters. The maximum absolute atomic E-state index is 13.2. The summed E-state index contributed by atoms with van der Waals surface area (Å²) in [6, 6.07) is 14.5. The number of halogens is 1. The van der Waals surface area contributed by atoms with E-state index in [1.165, 1.54) is 17.7 Å². The third-order valence-corrected chi connectivity index (χ3v) is 5.13. The van der Waals surface area contributed by atoms with Gasteiger partial charge in [0.2, 0.25) is 0 Å². The zero-order chi connectivity index (χ0) is 21.9. The molecule has 0 bridgehead atoms. The Balaban J connectivity index is 1.53. The smallest absolute Gasteiger partial charge is 0.191 e. The second-order valence-corrected chi connectivity index (χ2v) is 7.12. The molecule has 1 saturated heterocycles. The minimum absolute atomic E-state index is 0.178. The first-order valence-electron chi connectivity index (χ1n) is 10.5. The van der Waals surface area contributed by atoms with Crippen LogP contribution in [0.5, 0.6) is 11.5 Å². The van der Waals surface area contributed by atoms with E-state index < -0.39 is 0 Å². The number of methoxy groups -OCH3 is 1. The first-order valence-corrected chi connectivity index (χ1v) is 10.5. The zero-order valence-electron chi connectivity index (χ0n) is 18.1. The minimum Gasteiger partial charge on any atom is -0.497 e. The molecule has 2 N–H and O–H groups in total. The second kappa shape index (κ2) is 12.1. The van der Waals surface area contributed by atoms with Gasteiger partial charge in [-0.1, -0.05) is 18.2 Å². The van der Waals surface area contributed by atoms with Crippen LogP contribution in [0, 0.1) is 5.82 Å². The normalized spacial score (nSPS) is 15.9. The molecule has 0 aliphatic carbocycles. The van der Waals surface area contributed by atoms with Crippen LogP contribution in [-0.2, 0) is 4.74 Å². The van der Waals surface area contributed by atoms with Crippen molar-refractivity contribution >= 4 is 5.96 Å². The highest BCUT2D eigenvalue weighted by atomic mass is 19.1. The van der Waals surface area contributed by atoms with E-state index >= 15 is 0 Å². The lowest BCUT2D eigenvalue weighted by molar-refractivity contribution is 0.0170. The SMILES string of the molecule is CN=C(NCCOc1cccc(F)c1)NCC(c1ccc(OC)cc1)N1CCOCC1. The van der Waals surface area contributed by atoms with Crippen molar-refractivity contribution in [1.82, 2.24) is 15.5 Å². The van der Waals surface area contributed by atoms with Crippen molar-refractivity contribution in [1.29, 1.82) is 0 Å². The largest absolute Gasteiger partial charge is 0.497 e. The van der Waals surface area contributed by atoms with E-state index in [0.29, 0.717) is 31.4 Å². The highest BCUT2D eigenvalue weighted by Crippen LogP contribution is 2.23. The van der Waals surface area contributed by atoms with Crippen LogP contribution in [0.3, 0.4) is 0 Å². The topological polar surface area (TPSA) is 67.4 Å². The Morgan fingerprint density at radius 2 is 1.90 bits per heavy atom. The summed E-state index contributed by atoms with van der Waals surface area (Å²) in [6.07, 6.45) is 0. The van der Waals surface area contributed by atoms with Gasteiger partial charge in [0.1, 0.15) is 23.9 Å². The monoisotopic (exact) mass is 430 g/mol. The Labute approximate surface area is 183 Å². The van der Waals surface area contributed by atoms with Gasteiger partial charge in [0.05, 0.1) is 32.9 Å². The molecule has 168 valence electrons. The molecule has 0 spiro atoms. The van der Waals surface area contributed by atoms with Crippen molar-refractivity contribution in [3.05, 3.63) is 59.9 Å². The average Bonchev–Trinajstić information content (AvgIpc) is 2.81. The summed E-state index contributed by atoms with van der Waals surface area (Å²) in [5, 5.41) is 6.65. The van der Waals surface area contributed by atoms with Gasteiger partial charge in [-0.25, -0.2) is 4.39 Å². The first kappa shape index (κ1) is 22.8. The molecule has 1 heterocycles. The maximum atomic E-state index is 13.2. The summed E-state index contributed by atoms with van der Waals surface area (Å²) >= 11 is 0. The molecular formula is C23H31FN4O3. The number of hydrogen-bond acceptors (Lipinski definition) is 5. The van der Waals surface area contributed by atoms with Gasteiger partial charge in [-0.05, 0) is 29.8 Å². The highest BCUT2D eigenvalue weighted by molar-refractivity contribution is 5.79. The van der Waals surface area contributed by atoms with Crippen molar-refractivity contribution in [3.8, 4) is 11.5 Å². The van der Waals surface area contributed by atoms with Crippen LogP contribution >= 0.6 is 0 Å². The number of nitrogens with one attached hydrogen (secondary N) is 2. The lowest BCUT2D eigenvalue weighted by Gasteiger charge is -2.35. The first-order chi connectivity index (χ1) is 15.2. The van der Waals surface area contributed by atoms with E-state index in [4.69, 9.17) is 14.2 Å². The molecule has 0 aromatic heterocycles. The number of benzene rings is 2. The van der Waals surface area contributed by atoms with Gasteiger partial charge in [0.25, 0.3) is 0 Å². The van der Waals surface area contributed by atoms with Gasteiger partial charge >= 0.3 is 0 Å². The highest BCUT2D eigenvalue weighted by Gasteiger charge is 2.23. The molecule has 31 heavy (non-hydrogen) atoms.